The number of carboxylic acid groups (broad SMARTS) is 1. The van der Waals surface area contributed by atoms with Gasteiger partial charge < -0.3 is 10.0 Å². The third-order valence-electron chi connectivity index (χ3n) is 4.17. The molecule has 18 heavy (non-hydrogen) atoms. The zero-order valence-corrected chi connectivity index (χ0v) is 11.1. The van der Waals surface area contributed by atoms with Crippen molar-refractivity contribution in [2.24, 2.45) is 17.8 Å². The highest BCUT2D eigenvalue weighted by molar-refractivity contribution is 5.71. The fourth-order valence-electron chi connectivity index (χ4n) is 3.25. The standard InChI is InChI=1S/C15H23NO2/c1-2-9-16-10-8-13(14(11-16)15(17)18)12-6-4-3-5-7-12/h3-6,12-14H,2,7-11H2,1H3,(H,17,18). The van der Waals surface area contributed by atoms with Crippen LogP contribution >= 0.6 is 0 Å². The Kier molecular flexibility index (Phi) is 4.59. The predicted molar refractivity (Wildman–Crippen MR) is 72.4 cm³/mol. The maximum Gasteiger partial charge on any atom is 0.308 e. The normalized spacial score (nSPS) is 32.6. The van der Waals surface area contributed by atoms with Gasteiger partial charge in [-0.2, -0.15) is 0 Å². The first-order valence-electron chi connectivity index (χ1n) is 7.01. The number of aliphatic carboxylic acids is 1. The minimum Gasteiger partial charge on any atom is -0.481 e. The van der Waals surface area contributed by atoms with E-state index in [2.05, 4.69) is 36.1 Å². The summed E-state index contributed by atoms with van der Waals surface area (Å²) in [5.74, 6) is -0.105. The summed E-state index contributed by atoms with van der Waals surface area (Å²) in [6.07, 6.45) is 11.6. The highest BCUT2D eigenvalue weighted by Crippen LogP contribution is 2.34. The number of rotatable bonds is 4. The van der Waals surface area contributed by atoms with Gasteiger partial charge in [-0.05, 0) is 44.2 Å². The quantitative estimate of drug-likeness (QED) is 0.832. The first kappa shape index (κ1) is 13.3. The van der Waals surface area contributed by atoms with E-state index in [0.29, 0.717) is 11.8 Å². The number of likely N-dealkylation sites (tertiary alicyclic amines) is 1. The van der Waals surface area contributed by atoms with Crippen molar-refractivity contribution in [1.29, 1.82) is 0 Å². The molecule has 3 heteroatoms. The second-order valence-corrected chi connectivity index (χ2v) is 5.41. The van der Waals surface area contributed by atoms with Crippen LogP contribution in [0.15, 0.2) is 24.3 Å². The molecule has 1 N–H and O–H groups in total. The molecule has 1 saturated heterocycles. The lowest BCUT2D eigenvalue weighted by atomic mass is 9.74. The highest BCUT2D eigenvalue weighted by Gasteiger charge is 2.37. The Balaban J connectivity index is 2.03. The molecule has 0 saturated carbocycles. The molecule has 100 valence electrons. The van der Waals surface area contributed by atoms with Gasteiger partial charge >= 0.3 is 5.97 Å². The van der Waals surface area contributed by atoms with E-state index in [0.717, 1.165) is 38.9 Å². The summed E-state index contributed by atoms with van der Waals surface area (Å²) in [5.41, 5.74) is 0. The lowest BCUT2D eigenvalue weighted by Gasteiger charge is -2.39. The fourth-order valence-corrected chi connectivity index (χ4v) is 3.25. The highest BCUT2D eigenvalue weighted by atomic mass is 16.4. The summed E-state index contributed by atoms with van der Waals surface area (Å²) in [6, 6.07) is 0. The van der Waals surface area contributed by atoms with Crippen molar-refractivity contribution in [2.45, 2.75) is 26.2 Å². The molecular formula is C15H23NO2. The van der Waals surface area contributed by atoms with Crippen LogP contribution < -0.4 is 0 Å². The number of hydrogen-bond acceptors (Lipinski definition) is 2. The lowest BCUT2D eigenvalue weighted by Crippen LogP contribution is -2.46. The van der Waals surface area contributed by atoms with Crippen molar-refractivity contribution in [3.8, 4) is 0 Å². The smallest absolute Gasteiger partial charge is 0.308 e. The molecule has 1 heterocycles. The van der Waals surface area contributed by atoms with E-state index in [1.165, 1.54) is 0 Å². The number of hydrogen-bond donors (Lipinski definition) is 1. The third-order valence-corrected chi connectivity index (χ3v) is 4.17. The largest absolute Gasteiger partial charge is 0.481 e. The van der Waals surface area contributed by atoms with Crippen LogP contribution in [0.5, 0.6) is 0 Å². The zero-order valence-electron chi connectivity index (χ0n) is 11.1. The van der Waals surface area contributed by atoms with E-state index in [9.17, 15) is 9.90 Å². The van der Waals surface area contributed by atoms with Gasteiger partial charge in [-0.3, -0.25) is 4.79 Å². The minimum absolute atomic E-state index is 0.202. The van der Waals surface area contributed by atoms with Crippen molar-refractivity contribution in [1.82, 2.24) is 4.90 Å². The van der Waals surface area contributed by atoms with Crippen molar-refractivity contribution in [3.63, 3.8) is 0 Å². The molecule has 3 nitrogen and oxygen atoms in total. The van der Waals surface area contributed by atoms with Crippen LogP contribution in [-0.4, -0.2) is 35.6 Å². The van der Waals surface area contributed by atoms with E-state index in [1.807, 2.05) is 0 Å². The lowest BCUT2D eigenvalue weighted by molar-refractivity contribution is -0.146. The molecule has 0 spiro atoms. The Hall–Kier alpha value is -1.09. The van der Waals surface area contributed by atoms with Crippen LogP contribution in [0, 0.1) is 17.8 Å². The van der Waals surface area contributed by atoms with Gasteiger partial charge in [0.2, 0.25) is 0 Å². The van der Waals surface area contributed by atoms with Gasteiger partial charge in [0.15, 0.2) is 0 Å². The number of nitrogens with zero attached hydrogens (tertiary/aromatic N) is 1. The number of piperidine rings is 1. The molecule has 3 unspecified atom stereocenters. The zero-order chi connectivity index (χ0) is 13.0. The average molecular weight is 249 g/mol. The minimum atomic E-state index is -0.622. The Bertz CT molecular complexity index is 348. The molecule has 1 fully saturated rings. The summed E-state index contributed by atoms with van der Waals surface area (Å²) >= 11 is 0. The van der Waals surface area contributed by atoms with E-state index >= 15 is 0 Å². The maximum absolute atomic E-state index is 11.5. The molecule has 1 aliphatic heterocycles. The van der Waals surface area contributed by atoms with Gasteiger partial charge in [0.1, 0.15) is 0 Å². The number of carboxylic acids is 1. The Morgan fingerprint density at radius 2 is 2.28 bits per heavy atom. The van der Waals surface area contributed by atoms with Crippen molar-refractivity contribution in [3.05, 3.63) is 24.3 Å². The van der Waals surface area contributed by atoms with Crippen LogP contribution in [0.4, 0.5) is 0 Å². The molecule has 2 rings (SSSR count). The summed E-state index contributed by atoms with van der Waals surface area (Å²) in [7, 11) is 0. The molecule has 0 radical (unpaired) electrons. The Morgan fingerprint density at radius 3 is 2.89 bits per heavy atom. The topological polar surface area (TPSA) is 40.5 Å². The first-order chi connectivity index (χ1) is 8.72. The Labute approximate surface area is 109 Å². The monoisotopic (exact) mass is 249 g/mol. The van der Waals surface area contributed by atoms with Crippen LogP contribution in [-0.2, 0) is 4.79 Å². The van der Waals surface area contributed by atoms with Gasteiger partial charge in [-0.1, -0.05) is 31.2 Å². The van der Waals surface area contributed by atoms with Crippen LogP contribution in [0.2, 0.25) is 0 Å². The molecule has 0 bridgehead atoms. The van der Waals surface area contributed by atoms with Gasteiger partial charge in [-0.25, -0.2) is 0 Å². The average Bonchev–Trinajstić information content (AvgIpc) is 2.40. The molecule has 0 aromatic rings. The predicted octanol–water partition coefficient (Wildman–Crippen LogP) is 2.55. The maximum atomic E-state index is 11.5. The van der Waals surface area contributed by atoms with E-state index in [1.54, 1.807) is 0 Å². The van der Waals surface area contributed by atoms with Gasteiger partial charge in [0, 0.05) is 6.54 Å². The molecule has 1 aliphatic carbocycles. The van der Waals surface area contributed by atoms with Gasteiger partial charge in [-0.15, -0.1) is 0 Å². The molecule has 3 atom stereocenters. The second kappa shape index (κ2) is 6.19. The van der Waals surface area contributed by atoms with Crippen LogP contribution in [0.1, 0.15) is 26.2 Å². The van der Waals surface area contributed by atoms with Crippen LogP contribution in [0.25, 0.3) is 0 Å². The van der Waals surface area contributed by atoms with Crippen molar-refractivity contribution in [2.75, 3.05) is 19.6 Å². The molecule has 2 aliphatic rings. The first-order valence-corrected chi connectivity index (χ1v) is 7.01. The molecule has 0 aromatic heterocycles. The fraction of sp³-hybridized carbons (Fsp3) is 0.667. The van der Waals surface area contributed by atoms with Gasteiger partial charge in [0.25, 0.3) is 0 Å². The van der Waals surface area contributed by atoms with E-state index in [4.69, 9.17) is 0 Å². The molecule has 0 amide bonds. The number of allylic oxidation sites excluding steroid dienone is 4. The van der Waals surface area contributed by atoms with Crippen LogP contribution in [0.3, 0.4) is 0 Å². The van der Waals surface area contributed by atoms with Gasteiger partial charge in [0.05, 0.1) is 5.92 Å². The summed E-state index contributed by atoms with van der Waals surface area (Å²) in [4.78, 5) is 13.8. The Morgan fingerprint density at radius 1 is 1.44 bits per heavy atom. The van der Waals surface area contributed by atoms with Crippen molar-refractivity contribution >= 4 is 5.97 Å². The third kappa shape index (κ3) is 3.02. The van der Waals surface area contributed by atoms with Crippen molar-refractivity contribution < 1.29 is 9.90 Å². The second-order valence-electron chi connectivity index (χ2n) is 5.41. The molecular weight excluding hydrogens is 226 g/mol. The summed E-state index contributed by atoms with van der Waals surface area (Å²) in [5, 5.41) is 9.46. The summed E-state index contributed by atoms with van der Waals surface area (Å²) in [6.45, 7) is 4.95. The van der Waals surface area contributed by atoms with E-state index < -0.39 is 5.97 Å². The summed E-state index contributed by atoms with van der Waals surface area (Å²) < 4.78 is 0. The number of carbonyl (C=O) groups is 1. The SMILES string of the molecule is CCCN1CCC(C2C=CC=CC2)C(C(=O)O)C1. The molecule has 0 aromatic carbocycles. The van der Waals surface area contributed by atoms with E-state index in [-0.39, 0.29) is 5.92 Å².